The van der Waals surface area contributed by atoms with Gasteiger partial charge in [-0.15, -0.1) is 0 Å². The summed E-state index contributed by atoms with van der Waals surface area (Å²) in [4.78, 5) is 47.4. The monoisotopic (exact) mass is 320 g/mol. The lowest BCUT2D eigenvalue weighted by Crippen LogP contribution is -2.49. The van der Waals surface area contributed by atoms with E-state index in [1.54, 1.807) is 19.1 Å². The van der Waals surface area contributed by atoms with Gasteiger partial charge in [0, 0.05) is 31.6 Å². The van der Waals surface area contributed by atoms with Crippen LogP contribution in [0.25, 0.3) is 0 Å². The second-order valence-corrected chi connectivity index (χ2v) is 5.08. The Morgan fingerprint density at radius 3 is 2.57 bits per heavy atom. The molecule has 1 unspecified atom stereocenters. The molecular weight excluding hydrogens is 304 g/mol. The number of carbonyl (C=O) groups is 3. The van der Waals surface area contributed by atoms with Crippen LogP contribution in [0.4, 0.5) is 5.69 Å². The number of nitrogens with zero attached hydrogens (tertiary/aromatic N) is 2. The van der Waals surface area contributed by atoms with Crippen LogP contribution in [0, 0.1) is 16.0 Å². The van der Waals surface area contributed by atoms with Crippen LogP contribution in [-0.2, 0) is 25.7 Å². The maximum absolute atomic E-state index is 12.3. The molecule has 0 radical (unpaired) electrons. The number of likely N-dealkylation sites (tertiary alicyclic amines) is 1. The van der Waals surface area contributed by atoms with Crippen LogP contribution >= 0.6 is 0 Å². The lowest BCUT2D eigenvalue weighted by molar-refractivity contribution is -0.384. The molecule has 1 aromatic rings. The molecule has 1 aromatic carbocycles. The van der Waals surface area contributed by atoms with E-state index in [0.29, 0.717) is 5.56 Å². The fourth-order valence-corrected chi connectivity index (χ4v) is 2.38. The van der Waals surface area contributed by atoms with Gasteiger partial charge in [-0.1, -0.05) is 12.1 Å². The van der Waals surface area contributed by atoms with Crippen molar-refractivity contribution in [3.05, 3.63) is 39.9 Å². The van der Waals surface area contributed by atoms with E-state index >= 15 is 0 Å². The number of nitro benzene ring substituents is 1. The van der Waals surface area contributed by atoms with Crippen LogP contribution in [0.5, 0.6) is 0 Å². The molecule has 0 aliphatic carbocycles. The van der Waals surface area contributed by atoms with E-state index in [-0.39, 0.29) is 31.8 Å². The van der Waals surface area contributed by atoms with E-state index in [9.17, 15) is 24.5 Å². The van der Waals surface area contributed by atoms with E-state index < -0.39 is 28.5 Å². The van der Waals surface area contributed by atoms with Gasteiger partial charge < -0.3 is 9.64 Å². The van der Waals surface area contributed by atoms with Crippen molar-refractivity contribution < 1.29 is 24.0 Å². The maximum atomic E-state index is 12.3. The second-order valence-electron chi connectivity index (χ2n) is 5.08. The standard InChI is InChI=1S/C15H16N2O6/c1-2-23-15(20)13-12(18)7-8-16(14(13)19)9-10-3-5-11(6-4-10)17(21)22/h3-6,13H,2,7-9H2,1H3. The first-order valence-corrected chi connectivity index (χ1v) is 7.15. The summed E-state index contributed by atoms with van der Waals surface area (Å²) in [5, 5.41) is 10.6. The molecule has 1 atom stereocenters. The predicted molar refractivity (Wildman–Crippen MR) is 78.3 cm³/mol. The number of nitro groups is 1. The van der Waals surface area contributed by atoms with Gasteiger partial charge in [0.25, 0.3) is 5.69 Å². The number of hydrogen-bond acceptors (Lipinski definition) is 6. The van der Waals surface area contributed by atoms with Crippen LogP contribution in [0.3, 0.4) is 0 Å². The number of non-ortho nitro benzene ring substituents is 1. The molecule has 23 heavy (non-hydrogen) atoms. The van der Waals surface area contributed by atoms with Crippen molar-refractivity contribution in [3.63, 3.8) is 0 Å². The predicted octanol–water partition coefficient (Wildman–Crippen LogP) is 1.08. The zero-order valence-electron chi connectivity index (χ0n) is 12.6. The first-order valence-electron chi connectivity index (χ1n) is 7.15. The number of esters is 1. The third-order valence-corrected chi connectivity index (χ3v) is 3.55. The van der Waals surface area contributed by atoms with Crippen LogP contribution in [0.15, 0.2) is 24.3 Å². The quantitative estimate of drug-likeness (QED) is 0.348. The summed E-state index contributed by atoms with van der Waals surface area (Å²) >= 11 is 0. The molecule has 0 aromatic heterocycles. The smallest absolute Gasteiger partial charge is 0.326 e. The molecule has 0 N–H and O–H groups in total. The third-order valence-electron chi connectivity index (χ3n) is 3.55. The molecule has 1 aliphatic rings. The summed E-state index contributed by atoms with van der Waals surface area (Å²) in [6.07, 6.45) is 0.0855. The molecule has 2 rings (SSSR count). The van der Waals surface area contributed by atoms with Gasteiger partial charge in [-0.25, -0.2) is 0 Å². The Labute approximate surface area is 132 Å². The van der Waals surface area contributed by atoms with Crippen molar-refractivity contribution >= 4 is 23.3 Å². The normalized spacial score (nSPS) is 18.0. The number of benzene rings is 1. The highest BCUT2D eigenvalue weighted by atomic mass is 16.6. The molecule has 1 heterocycles. The molecule has 122 valence electrons. The Hall–Kier alpha value is -2.77. The highest BCUT2D eigenvalue weighted by Gasteiger charge is 2.41. The molecule has 0 saturated carbocycles. The zero-order chi connectivity index (χ0) is 17.0. The van der Waals surface area contributed by atoms with Gasteiger partial charge in [-0.3, -0.25) is 24.5 Å². The Morgan fingerprint density at radius 1 is 1.35 bits per heavy atom. The molecule has 0 spiro atoms. The van der Waals surface area contributed by atoms with Crippen molar-refractivity contribution in [2.24, 2.45) is 5.92 Å². The van der Waals surface area contributed by atoms with Crippen molar-refractivity contribution in [2.75, 3.05) is 13.2 Å². The Kier molecular flexibility index (Phi) is 5.05. The fourth-order valence-electron chi connectivity index (χ4n) is 2.38. The minimum atomic E-state index is -1.40. The van der Waals surface area contributed by atoms with E-state index in [2.05, 4.69) is 0 Å². The van der Waals surface area contributed by atoms with Crippen LogP contribution in [0.2, 0.25) is 0 Å². The Bertz CT molecular complexity index is 640. The van der Waals surface area contributed by atoms with Crippen LogP contribution < -0.4 is 0 Å². The first-order chi connectivity index (χ1) is 10.9. The summed E-state index contributed by atoms with van der Waals surface area (Å²) in [7, 11) is 0. The van der Waals surface area contributed by atoms with Crippen molar-refractivity contribution in [3.8, 4) is 0 Å². The molecule has 8 nitrogen and oxygen atoms in total. The van der Waals surface area contributed by atoms with Gasteiger partial charge in [0.15, 0.2) is 11.7 Å². The number of Topliss-reactive ketones (excluding diaryl/α,β-unsaturated/α-hetero) is 1. The highest BCUT2D eigenvalue weighted by Crippen LogP contribution is 2.20. The zero-order valence-corrected chi connectivity index (χ0v) is 12.6. The number of rotatable bonds is 5. The molecular formula is C15H16N2O6. The van der Waals surface area contributed by atoms with Crippen LogP contribution in [0.1, 0.15) is 18.9 Å². The van der Waals surface area contributed by atoms with Gasteiger partial charge in [-0.2, -0.15) is 0 Å². The van der Waals surface area contributed by atoms with Gasteiger partial charge in [0.2, 0.25) is 5.91 Å². The van der Waals surface area contributed by atoms with Gasteiger partial charge in [0.05, 0.1) is 11.5 Å². The minimum absolute atomic E-state index is 0.0432. The summed E-state index contributed by atoms with van der Waals surface area (Å²) in [5.41, 5.74) is 0.638. The first kappa shape index (κ1) is 16.6. The second kappa shape index (κ2) is 6.99. The summed E-state index contributed by atoms with van der Waals surface area (Å²) in [5.74, 6) is -3.25. The van der Waals surface area contributed by atoms with Crippen molar-refractivity contribution in [1.82, 2.24) is 4.90 Å². The summed E-state index contributed by atoms with van der Waals surface area (Å²) in [6.45, 7) is 2.09. The van der Waals surface area contributed by atoms with E-state index in [4.69, 9.17) is 4.74 Å². The average molecular weight is 320 g/mol. The van der Waals surface area contributed by atoms with E-state index in [1.165, 1.54) is 17.0 Å². The SMILES string of the molecule is CCOC(=O)C1C(=O)CCN(Cc2ccc([N+](=O)[O-])cc2)C1=O. The average Bonchev–Trinajstić information content (AvgIpc) is 2.51. The Morgan fingerprint density at radius 2 is 2.00 bits per heavy atom. The number of ketones is 1. The minimum Gasteiger partial charge on any atom is -0.465 e. The molecule has 0 bridgehead atoms. The number of carbonyl (C=O) groups excluding carboxylic acids is 3. The van der Waals surface area contributed by atoms with Crippen LogP contribution in [-0.4, -0.2) is 40.6 Å². The summed E-state index contributed by atoms with van der Waals surface area (Å²) < 4.78 is 4.78. The number of hydrogen-bond donors (Lipinski definition) is 0. The molecule has 1 fully saturated rings. The van der Waals surface area contributed by atoms with Gasteiger partial charge >= 0.3 is 5.97 Å². The van der Waals surface area contributed by atoms with E-state index in [0.717, 1.165) is 0 Å². The lowest BCUT2D eigenvalue weighted by atomic mass is 9.95. The number of amides is 1. The molecule has 1 amide bonds. The Balaban J connectivity index is 2.10. The number of ether oxygens (including phenoxy) is 1. The fraction of sp³-hybridized carbons (Fsp3) is 0.400. The topological polar surface area (TPSA) is 107 Å². The lowest BCUT2D eigenvalue weighted by Gasteiger charge is -2.30. The van der Waals surface area contributed by atoms with E-state index in [1.807, 2.05) is 0 Å². The third kappa shape index (κ3) is 3.71. The summed E-state index contributed by atoms with van der Waals surface area (Å²) in [6, 6.07) is 5.78. The maximum Gasteiger partial charge on any atom is 0.326 e. The van der Waals surface area contributed by atoms with Gasteiger partial charge in [-0.05, 0) is 12.5 Å². The molecule has 8 heteroatoms. The van der Waals surface area contributed by atoms with Crippen molar-refractivity contribution in [1.29, 1.82) is 0 Å². The molecule has 1 aliphatic heterocycles. The number of piperidine rings is 1. The largest absolute Gasteiger partial charge is 0.465 e. The highest BCUT2D eigenvalue weighted by molar-refractivity contribution is 6.17. The van der Waals surface area contributed by atoms with Gasteiger partial charge in [0.1, 0.15) is 0 Å². The van der Waals surface area contributed by atoms with Crippen molar-refractivity contribution in [2.45, 2.75) is 19.9 Å². The molecule has 1 saturated heterocycles.